The standard InChI is InChI=1S/C31H37N3O12/c1-14-26(36)18(34-42)10-21(45-14)46-20-12-31(41,15(2)35)11-17-23(20)30(40)25-24(28(17)38)27(37)16-4-3-5-19(22(16)29(25)39)44-13-33-7-9-43-8-6-32/h3-5,14,18,20-21,33-34,38,40-42H,6-13,32H2,1-2H3/t14?,18?,20-,21?,31-/m0/s1. The van der Waals surface area contributed by atoms with Crippen LogP contribution in [0.3, 0.4) is 0 Å². The first kappa shape index (κ1) is 33.6. The molecule has 2 aromatic carbocycles. The van der Waals surface area contributed by atoms with E-state index in [4.69, 9.17) is 24.7 Å². The average Bonchev–Trinajstić information content (AvgIpc) is 3.02. The summed E-state index contributed by atoms with van der Waals surface area (Å²) in [5, 5.41) is 47.0. The van der Waals surface area contributed by atoms with E-state index in [-0.39, 0.29) is 41.2 Å². The molecule has 1 saturated heterocycles. The number of ketones is 4. The summed E-state index contributed by atoms with van der Waals surface area (Å²) in [5.74, 6) is -3.98. The predicted octanol–water partition coefficient (Wildman–Crippen LogP) is 0.150. The molecule has 248 valence electrons. The third-order valence-corrected chi connectivity index (χ3v) is 8.53. The van der Waals surface area contributed by atoms with E-state index in [1.165, 1.54) is 25.1 Å². The van der Waals surface area contributed by atoms with Crippen LogP contribution in [0.1, 0.15) is 75.8 Å². The van der Waals surface area contributed by atoms with Gasteiger partial charge in [-0.3, -0.25) is 24.5 Å². The SMILES string of the molecule is CC(=O)[C@]1(O)Cc2c(O)c3c(c(O)c2[C@@H](OC2CC(NO)C(=O)C(C)O2)C1)C(=O)c1c(OCNCCOCCN)cccc1C3=O. The number of hydrogen-bond donors (Lipinski definition) is 7. The van der Waals surface area contributed by atoms with E-state index in [0.29, 0.717) is 26.3 Å². The largest absolute Gasteiger partial charge is 0.507 e. The van der Waals surface area contributed by atoms with Crippen LogP contribution < -0.4 is 21.3 Å². The van der Waals surface area contributed by atoms with E-state index in [1.807, 2.05) is 5.48 Å². The molecule has 46 heavy (non-hydrogen) atoms. The Bertz CT molecular complexity index is 1560. The molecule has 0 saturated carbocycles. The van der Waals surface area contributed by atoms with E-state index in [0.717, 1.165) is 6.92 Å². The summed E-state index contributed by atoms with van der Waals surface area (Å²) in [6.45, 7) is 4.14. The molecule has 8 N–H and O–H groups in total. The van der Waals surface area contributed by atoms with Gasteiger partial charge in [-0.05, 0) is 19.9 Å². The molecule has 0 bridgehead atoms. The molecule has 0 amide bonds. The van der Waals surface area contributed by atoms with Crippen molar-refractivity contribution in [1.82, 2.24) is 10.8 Å². The molecule has 5 rings (SSSR count). The first-order chi connectivity index (χ1) is 21.9. The average molecular weight is 644 g/mol. The summed E-state index contributed by atoms with van der Waals surface area (Å²) in [5.41, 5.74) is 3.79. The predicted molar refractivity (Wildman–Crippen MR) is 157 cm³/mol. The van der Waals surface area contributed by atoms with Crippen molar-refractivity contribution in [3.63, 3.8) is 0 Å². The highest BCUT2D eigenvalue weighted by molar-refractivity contribution is 6.31. The van der Waals surface area contributed by atoms with Crippen molar-refractivity contribution in [3.8, 4) is 17.2 Å². The molecule has 0 aromatic heterocycles. The smallest absolute Gasteiger partial charge is 0.202 e. The Balaban J connectivity index is 1.53. The molecule has 5 atom stereocenters. The molecule has 1 heterocycles. The number of phenols is 2. The van der Waals surface area contributed by atoms with E-state index in [2.05, 4.69) is 5.32 Å². The third kappa shape index (κ3) is 6.03. The Morgan fingerprint density at radius 2 is 1.85 bits per heavy atom. The molecule has 3 unspecified atom stereocenters. The van der Waals surface area contributed by atoms with Gasteiger partial charge < -0.3 is 45.2 Å². The second kappa shape index (κ2) is 13.5. The van der Waals surface area contributed by atoms with Gasteiger partial charge in [0.25, 0.3) is 0 Å². The minimum Gasteiger partial charge on any atom is -0.507 e. The molecule has 15 heteroatoms. The lowest BCUT2D eigenvalue weighted by atomic mass is 9.72. The van der Waals surface area contributed by atoms with Gasteiger partial charge in [0.2, 0.25) is 5.78 Å². The number of nitrogens with two attached hydrogens (primary N) is 1. The summed E-state index contributed by atoms with van der Waals surface area (Å²) >= 11 is 0. The molecule has 2 aromatic rings. The van der Waals surface area contributed by atoms with Gasteiger partial charge in [-0.1, -0.05) is 12.1 Å². The van der Waals surface area contributed by atoms with E-state index in [9.17, 15) is 39.7 Å². The molecular formula is C31H37N3O12. The summed E-state index contributed by atoms with van der Waals surface area (Å²) < 4.78 is 22.8. The fourth-order valence-corrected chi connectivity index (χ4v) is 6.11. The number of nitrogens with one attached hydrogen (secondary N) is 2. The number of aliphatic hydroxyl groups is 1. The third-order valence-electron chi connectivity index (χ3n) is 8.53. The molecule has 1 fully saturated rings. The zero-order valence-electron chi connectivity index (χ0n) is 25.3. The number of carbonyl (C=O) groups excluding carboxylic acids is 4. The van der Waals surface area contributed by atoms with Crippen LogP contribution >= 0.6 is 0 Å². The maximum absolute atomic E-state index is 14.0. The van der Waals surface area contributed by atoms with Crippen molar-refractivity contribution < 1.29 is 58.7 Å². The van der Waals surface area contributed by atoms with Gasteiger partial charge in [-0.25, -0.2) is 0 Å². The highest BCUT2D eigenvalue weighted by Crippen LogP contribution is 2.52. The molecule has 0 radical (unpaired) electrons. The number of fused-ring (bicyclic) bond motifs is 3. The molecule has 1 aliphatic heterocycles. The van der Waals surface area contributed by atoms with E-state index >= 15 is 0 Å². The van der Waals surface area contributed by atoms with Crippen LogP contribution in [-0.2, 0) is 30.2 Å². The van der Waals surface area contributed by atoms with Crippen molar-refractivity contribution in [3.05, 3.63) is 51.6 Å². The number of carbonyl (C=O) groups is 4. The highest BCUT2D eigenvalue weighted by atomic mass is 16.7. The summed E-state index contributed by atoms with van der Waals surface area (Å²) in [6, 6.07) is 3.34. The highest BCUT2D eigenvalue weighted by Gasteiger charge is 2.49. The zero-order chi connectivity index (χ0) is 33.3. The van der Waals surface area contributed by atoms with E-state index < -0.39 is 88.7 Å². The number of aromatic hydroxyl groups is 2. The number of hydrogen-bond acceptors (Lipinski definition) is 15. The van der Waals surface area contributed by atoms with Crippen LogP contribution in [0, 0.1) is 0 Å². The van der Waals surface area contributed by atoms with Gasteiger partial charge in [0.15, 0.2) is 23.6 Å². The maximum atomic E-state index is 14.0. The minimum absolute atomic E-state index is 0.0380. The van der Waals surface area contributed by atoms with E-state index in [1.54, 1.807) is 0 Å². The molecule has 15 nitrogen and oxygen atoms in total. The quantitative estimate of drug-likeness (QED) is 0.0602. The lowest BCUT2D eigenvalue weighted by Crippen LogP contribution is -2.51. The fraction of sp³-hybridized carbons (Fsp3) is 0.484. The van der Waals surface area contributed by atoms with Crippen molar-refractivity contribution in [2.75, 3.05) is 33.0 Å². The number of hydroxylamine groups is 1. The van der Waals surface area contributed by atoms with Crippen LogP contribution in [0.25, 0.3) is 0 Å². The van der Waals surface area contributed by atoms with Gasteiger partial charge >= 0.3 is 0 Å². The van der Waals surface area contributed by atoms with Crippen LogP contribution in [0.5, 0.6) is 17.2 Å². The normalized spacial score (nSPS) is 25.5. The summed E-state index contributed by atoms with van der Waals surface area (Å²) in [6.07, 6.45) is -4.57. The zero-order valence-corrected chi connectivity index (χ0v) is 25.3. The molecular weight excluding hydrogens is 606 g/mol. The van der Waals surface area contributed by atoms with Gasteiger partial charge in [0.05, 0.1) is 42.0 Å². The van der Waals surface area contributed by atoms with Crippen molar-refractivity contribution >= 4 is 23.1 Å². The molecule has 3 aliphatic rings. The van der Waals surface area contributed by atoms with Crippen LogP contribution in [0.15, 0.2) is 18.2 Å². The Morgan fingerprint density at radius 1 is 1.11 bits per heavy atom. The van der Waals surface area contributed by atoms with Gasteiger partial charge in [-0.2, -0.15) is 5.48 Å². The van der Waals surface area contributed by atoms with Crippen molar-refractivity contribution in [2.45, 2.75) is 63.3 Å². The Labute approximate surface area is 263 Å². The topological polar surface area (TPSA) is 236 Å². The van der Waals surface area contributed by atoms with Crippen molar-refractivity contribution in [1.29, 1.82) is 0 Å². The van der Waals surface area contributed by atoms with Crippen LogP contribution in [-0.4, -0.2) is 101 Å². The van der Waals surface area contributed by atoms with Crippen LogP contribution in [0.4, 0.5) is 0 Å². The number of rotatable bonds is 12. The Hall–Kier alpha value is -3.80. The molecule has 2 aliphatic carbocycles. The first-order valence-electron chi connectivity index (χ1n) is 14.9. The maximum Gasteiger partial charge on any atom is 0.202 e. The van der Waals surface area contributed by atoms with Gasteiger partial charge in [0, 0.05) is 49.0 Å². The Morgan fingerprint density at radius 3 is 2.54 bits per heavy atom. The monoisotopic (exact) mass is 643 g/mol. The van der Waals surface area contributed by atoms with Crippen LogP contribution in [0.2, 0.25) is 0 Å². The second-order valence-electron chi connectivity index (χ2n) is 11.5. The lowest BCUT2D eigenvalue weighted by molar-refractivity contribution is -0.226. The lowest BCUT2D eigenvalue weighted by Gasteiger charge is -2.41. The van der Waals surface area contributed by atoms with Gasteiger partial charge in [-0.15, -0.1) is 0 Å². The number of phenolic OH excluding ortho intramolecular Hbond substituents is 2. The summed E-state index contributed by atoms with van der Waals surface area (Å²) in [4.78, 5) is 52.8. The second-order valence-corrected chi connectivity index (χ2v) is 11.5. The number of ether oxygens (including phenoxy) is 4. The first-order valence-corrected chi connectivity index (χ1v) is 14.9. The van der Waals surface area contributed by atoms with Crippen molar-refractivity contribution in [2.24, 2.45) is 5.73 Å². The number of Topliss-reactive ketones (excluding diaryl/α,β-unsaturated/α-hetero) is 2. The minimum atomic E-state index is -2.08. The number of benzene rings is 2. The molecule has 0 spiro atoms. The fourth-order valence-electron chi connectivity index (χ4n) is 6.11. The van der Waals surface area contributed by atoms with Gasteiger partial charge in [0.1, 0.15) is 35.7 Å². The summed E-state index contributed by atoms with van der Waals surface area (Å²) in [7, 11) is 0. The Kier molecular flexibility index (Phi) is 9.86.